The van der Waals surface area contributed by atoms with Crippen molar-refractivity contribution in [3.8, 4) is 0 Å². The Bertz CT molecular complexity index is 651. The van der Waals surface area contributed by atoms with Gasteiger partial charge in [-0.3, -0.25) is 0 Å². The van der Waals surface area contributed by atoms with Crippen LogP contribution < -0.4 is 0 Å². The van der Waals surface area contributed by atoms with Crippen molar-refractivity contribution in [2.75, 3.05) is 6.61 Å². The number of aliphatic hydroxyl groups is 3. The van der Waals surface area contributed by atoms with E-state index in [0.717, 1.165) is 12.8 Å². The van der Waals surface area contributed by atoms with Crippen LogP contribution in [-0.4, -0.2) is 45.8 Å². The molecule has 0 amide bonds. The SMILES string of the molecule is CC1=CC[C@@H]2C(C)(C)CCC[C@]2(C)[C@@H]1C[C@]12O[C@@H]1[C@H](O)C(CO)=C[C@H]2O. The van der Waals surface area contributed by atoms with Gasteiger partial charge < -0.3 is 20.1 Å². The van der Waals surface area contributed by atoms with Gasteiger partial charge in [-0.2, -0.15) is 0 Å². The quantitative estimate of drug-likeness (QED) is 0.533. The molecule has 1 heterocycles. The molecular weight excluding hydrogens is 328 g/mol. The van der Waals surface area contributed by atoms with Crippen LogP contribution in [0.15, 0.2) is 23.3 Å². The normalized spacial score (nSPS) is 49.6. The van der Waals surface area contributed by atoms with E-state index < -0.39 is 23.9 Å². The maximum atomic E-state index is 10.7. The highest BCUT2D eigenvalue weighted by molar-refractivity contribution is 5.33. The van der Waals surface area contributed by atoms with Crippen molar-refractivity contribution in [2.45, 2.75) is 83.7 Å². The van der Waals surface area contributed by atoms with Gasteiger partial charge in [-0.1, -0.05) is 38.8 Å². The highest BCUT2D eigenvalue weighted by Gasteiger charge is 2.68. The molecule has 1 aliphatic heterocycles. The summed E-state index contributed by atoms with van der Waals surface area (Å²) in [4.78, 5) is 0. The van der Waals surface area contributed by atoms with Gasteiger partial charge in [0, 0.05) is 0 Å². The fourth-order valence-corrected chi connectivity index (χ4v) is 6.69. The Labute approximate surface area is 156 Å². The van der Waals surface area contributed by atoms with Crippen LogP contribution >= 0.6 is 0 Å². The molecule has 0 unspecified atom stereocenters. The second-order valence-corrected chi connectivity index (χ2v) is 10.1. The lowest BCUT2D eigenvalue weighted by Gasteiger charge is -2.57. The van der Waals surface area contributed by atoms with E-state index in [1.165, 1.54) is 24.8 Å². The van der Waals surface area contributed by atoms with Crippen LogP contribution in [-0.2, 0) is 4.74 Å². The molecule has 2 fully saturated rings. The third-order valence-corrected chi connectivity index (χ3v) is 8.31. The number of aliphatic hydroxyl groups excluding tert-OH is 3. The molecule has 0 aromatic carbocycles. The molecule has 3 N–H and O–H groups in total. The van der Waals surface area contributed by atoms with E-state index in [0.29, 0.717) is 22.8 Å². The van der Waals surface area contributed by atoms with Crippen LogP contribution in [0.5, 0.6) is 0 Å². The lowest BCUT2D eigenvalue weighted by Crippen LogP contribution is -2.51. The summed E-state index contributed by atoms with van der Waals surface area (Å²) in [5, 5.41) is 30.6. The predicted octanol–water partition coefficient (Wildman–Crippen LogP) is 2.97. The summed E-state index contributed by atoms with van der Waals surface area (Å²) in [7, 11) is 0. The van der Waals surface area contributed by atoms with Crippen molar-refractivity contribution in [1.29, 1.82) is 0 Å². The van der Waals surface area contributed by atoms with Crippen molar-refractivity contribution in [2.24, 2.45) is 22.7 Å². The number of epoxide rings is 1. The van der Waals surface area contributed by atoms with Crippen LogP contribution in [0.4, 0.5) is 0 Å². The molecule has 0 bridgehead atoms. The maximum absolute atomic E-state index is 10.7. The summed E-state index contributed by atoms with van der Waals surface area (Å²) in [6.07, 6.45) is 7.70. The minimum absolute atomic E-state index is 0.206. The first-order chi connectivity index (χ1) is 12.2. The molecule has 0 aromatic rings. The lowest BCUT2D eigenvalue weighted by atomic mass is 9.47. The Morgan fingerprint density at radius 2 is 1.92 bits per heavy atom. The second-order valence-electron chi connectivity index (χ2n) is 10.1. The van der Waals surface area contributed by atoms with Gasteiger partial charge in [-0.05, 0) is 66.9 Å². The first kappa shape index (κ1) is 18.7. The number of ether oxygens (including phenoxy) is 1. The molecule has 0 aromatic heterocycles. The molecular formula is C22H34O4. The standard InChI is InChI=1S/C22H34O4/c1-13-6-7-16-20(2,3)8-5-9-21(16,4)15(13)11-22-17(24)10-14(12-23)18(25)19(22)26-22/h6,10,15-19,23-25H,5,7-9,11-12H2,1-4H3/t15-,16-,17-,18-,19-,21-,22-/m1/s1. The molecule has 26 heavy (non-hydrogen) atoms. The monoisotopic (exact) mass is 362 g/mol. The molecule has 3 aliphatic carbocycles. The van der Waals surface area contributed by atoms with Crippen molar-refractivity contribution in [3.63, 3.8) is 0 Å². The molecule has 0 spiro atoms. The van der Waals surface area contributed by atoms with Crippen LogP contribution in [0.2, 0.25) is 0 Å². The summed E-state index contributed by atoms with van der Waals surface area (Å²) in [5.41, 5.74) is 1.73. The summed E-state index contributed by atoms with van der Waals surface area (Å²) in [6, 6.07) is 0. The van der Waals surface area contributed by atoms with Crippen LogP contribution in [0.25, 0.3) is 0 Å². The Morgan fingerprint density at radius 3 is 2.62 bits per heavy atom. The van der Waals surface area contributed by atoms with Crippen molar-refractivity contribution in [1.82, 2.24) is 0 Å². The second kappa shape index (κ2) is 5.91. The van der Waals surface area contributed by atoms with E-state index in [-0.39, 0.29) is 12.0 Å². The first-order valence-electron chi connectivity index (χ1n) is 10.2. The van der Waals surface area contributed by atoms with Gasteiger partial charge >= 0.3 is 0 Å². The number of allylic oxidation sites excluding steroid dienone is 2. The Balaban J connectivity index is 1.65. The zero-order valence-corrected chi connectivity index (χ0v) is 16.5. The van der Waals surface area contributed by atoms with Gasteiger partial charge in [0.05, 0.1) is 6.61 Å². The van der Waals surface area contributed by atoms with Crippen LogP contribution in [0.1, 0.15) is 59.8 Å². The zero-order chi connectivity index (χ0) is 18.9. The van der Waals surface area contributed by atoms with Gasteiger partial charge in [0.15, 0.2) is 0 Å². The predicted molar refractivity (Wildman–Crippen MR) is 100 cm³/mol. The Hall–Kier alpha value is -0.680. The molecule has 1 saturated carbocycles. The van der Waals surface area contributed by atoms with Gasteiger partial charge in [0.1, 0.15) is 23.9 Å². The molecule has 4 rings (SSSR count). The summed E-state index contributed by atoms with van der Waals surface area (Å²) < 4.78 is 5.96. The lowest BCUT2D eigenvalue weighted by molar-refractivity contribution is -0.0506. The summed E-state index contributed by atoms with van der Waals surface area (Å²) in [6.45, 7) is 9.25. The minimum Gasteiger partial charge on any atom is -0.392 e. The fraction of sp³-hybridized carbons (Fsp3) is 0.818. The van der Waals surface area contributed by atoms with E-state index in [1.54, 1.807) is 6.08 Å². The molecule has 4 nitrogen and oxygen atoms in total. The molecule has 4 heteroatoms. The third-order valence-electron chi connectivity index (χ3n) is 8.31. The van der Waals surface area contributed by atoms with Gasteiger partial charge in [0.25, 0.3) is 0 Å². The number of rotatable bonds is 3. The largest absolute Gasteiger partial charge is 0.392 e. The Morgan fingerprint density at radius 1 is 1.19 bits per heavy atom. The van der Waals surface area contributed by atoms with Crippen molar-refractivity contribution >= 4 is 0 Å². The van der Waals surface area contributed by atoms with Crippen LogP contribution in [0, 0.1) is 22.7 Å². The molecule has 1 saturated heterocycles. The van der Waals surface area contributed by atoms with Gasteiger partial charge in [0.2, 0.25) is 0 Å². The zero-order valence-electron chi connectivity index (χ0n) is 16.5. The van der Waals surface area contributed by atoms with E-state index in [9.17, 15) is 15.3 Å². The van der Waals surface area contributed by atoms with E-state index >= 15 is 0 Å². The third kappa shape index (κ3) is 2.49. The van der Waals surface area contributed by atoms with E-state index in [1.807, 2.05) is 0 Å². The van der Waals surface area contributed by atoms with Crippen molar-refractivity contribution in [3.05, 3.63) is 23.3 Å². The maximum Gasteiger partial charge on any atom is 0.128 e. The minimum atomic E-state index is -0.803. The molecule has 0 radical (unpaired) electrons. The number of hydrogen-bond acceptors (Lipinski definition) is 4. The van der Waals surface area contributed by atoms with Crippen LogP contribution in [0.3, 0.4) is 0 Å². The first-order valence-corrected chi connectivity index (χ1v) is 10.2. The van der Waals surface area contributed by atoms with E-state index in [2.05, 4.69) is 33.8 Å². The summed E-state index contributed by atoms with van der Waals surface area (Å²) in [5.74, 6) is 0.997. The smallest absolute Gasteiger partial charge is 0.128 e. The molecule has 7 atom stereocenters. The fourth-order valence-electron chi connectivity index (χ4n) is 6.69. The summed E-state index contributed by atoms with van der Waals surface area (Å²) >= 11 is 0. The number of fused-ring (bicyclic) bond motifs is 2. The van der Waals surface area contributed by atoms with Gasteiger partial charge in [-0.25, -0.2) is 0 Å². The van der Waals surface area contributed by atoms with E-state index in [4.69, 9.17) is 4.74 Å². The highest BCUT2D eigenvalue weighted by atomic mass is 16.6. The highest BCUT2D eigenvalue weighted by Crippen LogP contribution is 2.63. The Kier molecular flexibility index (Phi) is 4.24. The van der Waals surface area contributed by atoms with Gasteiger partial charge in [-0.15, -0.1) is 0 Å². The topological polar surface area (TPSA) is 73.2 Å². The molecule has 4 aliphatic rings. The number of hydrogen-bond donors (Lipinski definition) is 3. The average Bonchev–Trinajstić information content (AvgIpc) is 3.30. The average molecular weight is 363 g/mol. The molecule has 146 valence electrons. The van der Waals surface area contributed by atoms with Crippen molar-refractivity contribution < 1.29 is 20.1 Å².